The van der Waals surface area contributed by atoms with Crippen LogP contribution in [-0.4, -0.2) is 97.7 Å². The zero-order valence-corrected chi connectivity index (χ0v) is 29.6. The fraction of sp³-hybridized carbons (Fsp3) is 0.405. The zero-order chi connectivity index (χ0) is 36.8. The van der Waals surface area contributed by atoms with Crippen LogP contribution < -0.4 is 16.4 Å². The number of aromatic nitrogens is 4. The number of aliphatic imine (C=N–C) groups is 1. The predicted octanol–water partition coefficient (Wildman–Crippen LogP) is 4.72. The number of carbonyl (C=O) groups is 3. The topological polar surface area (TPSA) is 207 Å². The second-order valence-corrected chi connectivity index (χ2v) is 13.5. The summed E-state index contributed by atoms with van der Waals surface area (Å²) in [6.45, 7) is 6.00. The number of imidazole rings is 2. The summed E-state index contributed by atoms with van der Waals surface area (Å²) in [7, 11) is 1.34. The Morgan fingerprint density at radius 2 is 1.58 bits per heavy atom. The quantitative estimate of drug-likeness (QED) is 0.0939. The summed E-state index contributed by atoms with van der Waals surface area (Å²) < 4.78 is 4.75. The number of amides is 3. The van der Waals surface area contributed by atoms with Crippen LogP contribution >= 0.6 is 0 Å². The standard InChI is InChI=1S/C37H46N10O5/c1-22(2)28(45-37(51)52-3)18-41-35(38)47-17-5-7-31(47)33-40-20-30(43-33)26-14-10-24(11-15-26)23-8-12-25(13-9-23)29-19-39-32(42-29)21-46-16-4-6-27(34(46)48)44-36(49)50/h8-15,19-20,22,27-28,31,44H,4-7,16-18,21H2,1-3H3,(H2,38,41)(H,39,42)(H,40,43)(H,45,51)(H,49,50)/t27-,28?,31?/m1/s1. The van der Waals surface area contributed by atoms with E-state index < -0.39 is 18.2 Å². The molecule has 7 N–H and O–H groups in total. The third-order valence-corrected chi connectivity index (χ3v) is 9.72. The van der Waals surface area contributed by atoms with Crippen molar-refractivity contribution in [2.24, 2.45) is 16.6 Å². The van der Waals surface area contributed by atoms with Gasteiger partial charge < -0.3 is 46.0 Å². The molecule has 2 aromatic heterocycles. The number of hydrogen-bond acceptors (Lipinski definition) is 7. The molecule has 2 saturated heterocycles. The first kappa shape index (κ1) is 35.9. The van der Waals surface area contributed by atoms with E-state index in [4.69, 9.17) is 20.6 Å². The number of guanidine groups is 1. The molecular formula is C37H46N10O5. The van der Waals surface area contributed by atoms with E-state index in [1.807, 2.05) is 32.2 Å². The van der Waals surface area contributed by atoms with Crippen molar-refractivity contribution in [2.75, 3.05) is 26.7 Å². The van der Waals surface area contributed by atoms with Gasteiger partial charge in [-0.3, -0.25) is 9.79 Å². The highest BCUT2D eigenvalue weighted by atomic mass is 16.5. The molecule has 0 saturated carbocycles. The monoisotopic (exact) mass is 710 g/mol. The molecule has 15 heteroatoms. The largest absolute Gasteiger partial charge is 0.465 e. The Balaban J connectivity index is 1.07. The summed E-state index contributed by atoms with van der Waals surface area (Å²) in [5.74, 6) is 1.84. The number of alkyl carbamates (subject to hydrolysis) is 1. The lowest BCUT2D eigenvalue weighted by molar-refractivity contribution is -0.136. The molecule has 15 nitrogen and oxygen atoms in total. The van der Waals surface area contributed by atoms with Gasteiger partial charge in [-0.15, -0.1) is 0 Å². The molecule has 2 aromatic carbocycles. The summed E-state index contributed by atoms with van der Waals surface area (Å²) in [5, 5.41) is 14.2. The fourth-order valence-electron chi connectivity index (χ4n) is 6.73. The number of nitrogens with zero attached hydrogens (tertiary/aromatic N) is 5. The molecule has 4 heterocycles. The van der Waals surface area contributed by atoms with Crippen LogP contribution in [-0.2, 0) is 16.1 Å². The van der Waals surface area contributed by atoms with Gasteiger partial charge >= 0.3 is 12.2 Å². The molecule has 3 amide bonds. The Labute approximate surface area is 302 Å². The number of carbonyl (C=O) groups excluding carboxylic acids is 2. The molecule has 0 radical (unpaired) electrons. The predicted molar refractivity (Wildman–Crippen MR) is 196 cm³/mol. The Morgan fingerprint density at radius 1 is 0.962 bits per heavy atom. The van der Waals surface area contributed by atoms with E-state index in [0.29, 0.717) is 31.3 Å². The smallest absolute Gasteiger partial charge is 0.407 e. The van der Waals surface area contributed by atoms with Crippen molar-refractivity contribution in [1.82, 2.24) is 40.4 Å². The summed E-state index contributed by atoms with van der Waals surface area (Å²) in [5.41, 5.74) is 12.3. The molecule has 2 fully saturated rings. The van der Waals surface area contributed by atoms with Gasteiger partial charge in [-0.05, 0) is 53.9 Å². The average molecular weight is 711 g/mol. The average Bonchev–Trinajstić information content (AvgIpc) is 3.93. The summed E-state index contributed by atoms with van der Waals surface area (Å²) >= 11 is 0. The first-order chi connectivity index (χ1) is 25.1. The van der Waals surface area contributed by atoms with Gasteiger partial charge in [0.2, 0.25) is 5.91 Å². The molecule has 2 aliphatic heterocycles. The van der Waals surface area contributed by atoms with Crippen molar-refractivity contribution in [3.8, 4) is 33.6 Å². The van der Waals surface area contributed by atoms with Crippen molar-refractivity contribution in [3.63, 3.8) is 0 Å². The molecule has 2 aliphatic rings. The minimum atomic E-state index is -1.20. The lowest BCUT2D eigenvalue weighted by Crippen LogP contribution is -2.51. The Hall–Kier alpha value is -5.86. The van der Waals surface area contributed by atoms with E-state index in [0.717, 1.165) is 65.3 Å². The van der Waals surface area contributed by atoms with Gasteiger partial charge in [0.1, 0.15) is 17.7 Å². The van der Waals surface area contributed by atoms with Crippen LogP contribution in [0.1, 0.15) is 57.2 Å². The number of H-pyrrole nitrogens is 2. The van der Waals surface area contributed by atoms with Crippen molar-refractivity contribution < 1.29 is 24.2 Å². The maximum Gasteiger partial charge on any atom is 0.407 e. The molecule has 4 aromatic rings. The number of rotatable bonds is 11. The lowest BCUT2D eigenvalue weighted by atomic mass is 10.0. The molecule has 274 valence electrons. The van der Waals surface area contributed by atoms with Gasteiger partial charge in [-0.25, -0.2) is 19.6 Å². The van der Waals surface area contributed by atoms with Crippen molar-refractivity contribution >= 4 is 24.1 Å². The highest BCUT2D eigenvalue weighted by Crippen LogP contribution is 2.32. The molecule has 2 unspecified atom stereocenters. The first-order valence-electron chi connectivity index (χ1n) is 17.6. The molecule has 6 rings (SSSR count). The number of nitrogens with one attached hydrogen (secondary N) is 4. The molecule has 0 bridgehead atoms. The third-order valence-electron chi connectivity index (χ3n) is 9.72. The van der Waals surface area contributed by atoms with Crippen molar-refractivity contribution in [2.45, 2.75) is 64.2 Å². The number of hydrogen-bond donors (Lipinski definition) is 6. The number of likely N-dealkylation sites (tertiary alicyclic amines) is 2. The van der Waals surface area contributed by atoms with Crippen LogP contribution in [0.2, 0.25) is 0 Å². The van der Waals surface area contributed by atoms with E-state index >= 15 is 0 Å². The highest BCUT2D eigenvalue weighted by Gasteiger charge is 2.31. The van der Waals surface area contributed by atoms with Crippen molar-refractivity contribution in [1.29, 1.82) is 0 Å². The van der Waals surface area contributed by atoms with Crippen LogP contribution in [0.4, 0.5) is 9.59 Å². The number of benzene rings is 2. The zero-order valence-electron chi connectivity index (χ0n) is 29.6. The SMILES string of the molecule is COC(=O)NC(CN=C(N)N1CCCC1c1ncc(-c2ccc(-c3ccc(-c4cnc(CN5CCC[C@@H](NC(=O)O)C5=O)[nH]4)cc3)cc2)[nH]1)C(C)C. The highest BCUT2D eigenvalue weighted by molar-refractivity contribution is 5.86. The second kappa shape index (κ2) is 16.0. The number of ether oxygens (including phenoxy) is 1. The van der Waals surface area contributed by atoms with Gasteiger partial charge in [-0.1, -0.05) is 62.4 Å². The third kappa shape index (κ3) is 8.36. The van der Waals surface area contributed by atoms with Crippen LogP contribution in [0, 0.1) is 5.92 Å². The lowest BCUT2D eigenvalue weighted by Gasteiger charge is -2.31. The number of nitrogens with two attached hydrogens (primary N) is 1. The minimum Gasteiger partial charge on any atom is -0.465 e. The van der Waals surface area contributed by atoms with Crippen LogP contribution in [0.25, 0.3) is 33.6 Å². The van der Waals surface area contributed by atoms with Crippen LogP contribution in [0.15, 0.2) is 65.9 Å². The summed E-state index contributed by atoms with van der Waals surface area (Å²) in [6, 6.07) is 15.6. The number of piperidine rings is 1. The first-order valence-corrected chi connectivity index (χ1v) is 17.6. The Kier molecular flexibility index (Phi) is 11.1. The Bertz CT molecular complexity index is 1880. The van der Waals surface area contributed by atoms with Crippen LogP contribution in [0.3, 0.4) is 0 Å². The Morgan fingerprint density at radius 3 is 2.21 bits per heavy atom. The van der Waals surface area contributed by atoms with E-state index in [9.17, 15) is 14.4 Å². The number of methoxy groups -OCH3 is 1. The maximum atomic E-state index is 12.7. The van der Waals surface area contributed by atoms with Gasteiger partial charge in [0.15, 0.2) is 5.96 Å². The summed E-state index contributed by atoms with van der Waals surface area (Å²) in [4.78, 5) is 59.9. The minimum absolute atomic E-state index is 0.0203. The molecule has 0 spiro atoms. The van der Waals surface area contributed by atoms with Gasteiger partial charge in [-0.2, -0.15) is 0 Å². The number of aromatic amines is 2. The van der Waals surface area contributed by atoms with Crippen LogP contribution in [0.5, 0.6) is 0 Å². The van der Waals surface area contributed by atoms with E-state index in [-0.39, 0.29) is 30.5 Å². The van der Waals surface area contributed by atoms with E-state index in [1.165, 1.54) is 7.11 Å². The van der Waals surface area contributed by atoms with Gasteiger partial charge in [0.05, 0.1) is 56.1 Å². The molecule has 52 heavy (non-hydrogen) atoms. The second-order valence-electron chi connectivity index (χ2n) is 13.5. The number of carboxylic acid groups (broad SMARTS) is 1. The molecular weight excluding hydrogens is 664 g/mol. The van der Waals surface area contributed by atoms with Crippen molar-refractivity contribution in [3.05, 3.63) is 72.6 Å². The maximum absolute atomic E-state index is 12.7. The van der Waals surface area contributed by atoms with Gasteiger partial charge in [0, 0.05) is 13.1 Å². The van der Waals surface area contributed by atoms with E-state index in [2.05, 4.69) is 71.9 Å². The normalized spacial score (nSPS) is 18.5. The molecule has 3 atom stereocenters. The fourth-order valence-corrected chi connectivity index (χ4v) is 6.73. The molecule has 0 aliphatic carbocycles. The van der Waals surface area contributed by atoms with Gasteiger partial charge in [0.25, 0.3) is 0 Å². The summed E-state index contributed by atoms with van der Waals surface area (Å²) in [6.07, 6.45) is 5.00. The van der Waals surface area contributed by atoms with E-state index in [1.54, 1.807) is 11.1 Å².